The zero-order valence-electron chi connectivity index (χ0n) is 10.3. The number of para-hydroxylation sites is 1. The maximum Gasteiger partial charge on any atom is 0.262 e. The van der Waals surface area contributed by atoms with Gasteiger partial charge in [0.05, 0.1) is 5.39 Å². The molecule has 2 rings (SSSR count). The summed E-state index contributed by atoms with van der Waals surface area (Å²) in [4.78, 5) is 0. The van der Waals surface area contributed by atoms with Crippen molar-refractivity contribution in [2.75, 3.05) is 6.61 Å². The van der Waals surface area contributed by atoms with Gasteiger partial charge in [-0.1, -0.05) is 26.0 Å². The quantitative estimate of drug-likeness (QED) is 0.864. The fourth-order valence-corrected chi connectivity index (χ4v) is 1.63. The van der Waals surface area contributed by atoms with Gasteiger partial charge in [0.25, 0.3) is 5.88 Å². The lowest BCUT2D eigenvalue weighted by molar-refractivity contribution is 0.194. The lowest BCUT2D eigenvalue weighted by Gasteiger charge is -2.25. The summed E-state index contributed by atoms with van der Waals surface area (Å²) in [5.41, 5.74) is 6.62. The van der Waals surface area contributed by atoms with Gasteiger partial charge in [0.15, 0.2) is 5.58 Å². The minimum atomic E-state index is -0.292. The topological polar surface area (TPSA) is 61.3 Å². The third-order valence-corrected chi connectivity index (χ3v) is 3.25. The first-order chi connectivity index (χ1) is 8.18. The van der Waals surface area contributed by atoms with Crippen LogP contribution in [0, 0.1) is 0 Å². The van der Waals surface area contributed by atoms with Gasteiger partial charge in [-0.2, -0.15) is 0 Å². The van der Waals surface area contributed by atoms with Gasteiger partial charge in [0.2, 0.25) is 0 Å². The monoisotopic (exact) mass is 234 g/mol. The van der Waals surface area contributed by atoms with E-state index in [2.05, 4.69) is 19.0 Å². The zero-order valence-corrected chi connectivity index (χ0v) is 10.3. The van der Waals surface area contributed by atoms with E-state index in [1.54, 1.807) is 0 Å². The van der Waals surface area contributed by atoms with Crippen molar-refractivity contribution in [1.82, 2.24) is 5.16 Å². The number of nitrogens with zero attached hydrogens (tertiary/aromatic N) is 1. The van der Waals surface area contributed by atoms with Crippen molar-refractivity contribution in [2.45, 2.75) is 32.2 Å². The molecule has 17 heavy (non-hydrogen) atoms. The Morgan fingerprint density at radius 3 is 2.71 bits per heavy atom. The van der Waals surface area contributed by atoms with Crippen molar-refractivity contribution in [3.8, 4) is 5.88 Å². The third kappa shape index (κ3) is 2.42. The van der Waals surface area contributed by atoms with Crippen LogP contribution >= 0.6 is 0 Å². The Morgan fingerprint density at radius 1 is 1.29 bits per heavy atom. The maximum atomic E-state index is 6.17. The Labute approximate surface area is 101 Å². The van der Waals surface area contributed by atoms with Gasteiger partial charge < -0.3 is 15.0 Å². The first kappa shape index (κ1) is 11.9. The van der Waals surface area contributed by atoms with Crippen LogP contribution in [-0.4, -0.2) is 17.3 Å². The van der Waals surface area contributed by atoms with E-state index in [1.165, 1.54) is 0 Å². The zero-order chi connectivity index (χ0) is 12.3. The average Bonchev–Trinajstić information content (AvgIpc) is 2.79. The molecule has 0 saturated heterocycles. The summed E-state index contributed by atoms with van der Waals surface area (Å²) < 4.78 is 10.8. The molecule has 92 valence electrons. The molecule has 0 aliphatic rings. The highest BCUT2D eigenvalue weighted by molar-refractivity contribution is 5.81. The molecule has 4 nitrogen and oxygen atoms in total. The number of rotatable bonds is 5. The Morgan fingerprint density at radius 2 is 2.00 bits per heavy atom. The highest BCUT2D eigenvalue weighted by Gasteiger charge is 2.22. The largest absolute Gasteiger partial charge is 0.473 e. The molecule has 2 N–H and O–H groups in total. The number of hydrogen-bond acceptors (Lipinski definition) is 4. The van der Waals surface area contributed by atoms with E-state index in [0.717, 1.165) is 23.8 Å². The average molecular weight is 234 g/mol. The van der Waals surface area contributed by atoms with Gasteiger partial charge in [-0.3, -0.25) is 0 Å². The number of nitrogens with two attached hydrogens (primary N) is 1. The van der Waals surface area contributed by atoms with E-state index in [-0.39, 0.29) is 5.54 Å². The van der Waals surface area contributed by atoms with Gasteiger partial charge in [-0.25, -0.2) is 0 Å². The molecule has 2 aromatic rings. The van der Waals surface area contributed by atoms with Crippen molar-refractivity contribution in [1.29, 1.82) is 0 Å². The number of fused-ring (bicyclic) bond motifs is 1. The van der Waals surface area contributed by atoms with E-state index in [4.69, 9.17) is 15.0 Å². The van der Waals surface area contributed by atoms with Crippen molar-refractivity contribution in [2.24, 2.45) is 5.73 Å². The summed E-state index contributed by atoms with van der Waals surface area (Å²) in [6.07, 6.45) is 1.75. The van der Waals surface area contributed by atoms with Gasteiger partial charge in [-0.15, -0.1) is 0 Å². The maximum absolute atomic E-state index is 6.17. The Hall–Kier alpha value is -1.55. The number of ether oxygens (including phenoxy) is 1. The van der Waals surface area contributed by atoms with Crippen molar-refractivity contribution in [3.05, 3.63) is 24.3 Å². The molecule has 0 spiro atoms. The van der Waals surface area contributed by atoms with Gasteiger partial charge in [-0.05, 0) is 30.1 Å². The van der Waals surface area contributed by atoms with Crippen LogP contribution in [-0.2, 0) is 0 Å². The molecule has 0 radical (unpaired) electrons. The van der Waals surface area contributed by atoms with Crippen LogP contribution in [0.2, 0.25) is 0 Å². The Kier molecular flexibility index (Phi) is 3.33. The first-order valence-corrected chi connectivity index (χ1v) is 5.94. The summed E-state index contributed by atoms with van der Waals surface area (Å²) >= 11 is 0. The standard InChI is InChI=1S/C13H18N2O2/c1-3-13(14,4-2)9-16-12-10-7-5-6-8-11(10)17-15-12/h5-8H,3-4,9,14H2,1-2H3. The molecule has 1 aromatic carbocycles. The molecule has 0 saturated carbocycles. The molecular formula is C13H18N2O2. The molecule has 1 heterocycles. The van der Waals surface area contributed by atoms with Crippen LogP contribution in [0.1, 0.15) is 26.7 Å². The van der Waals surface area contributed by atoms with Gasteiger partial charge in [0.1, 0.15) is 6.61 Å². The lowest BCUT2D eigenvalue weighted by atomic mass is 9.96. The number of benzene rings is 1. The third-order valence-electron chi connectivity index (χ3n) is 3.25. The number of aromatic nitrogens is 1. The molecule has 0 bridgehead atoms. The van der Waals surface area contributed by atoms with Gasteiger partial charge in [0, 0.05) is 5.54 Å². The fourth-order valence-electron chi connectivity index (χ4n) is 1.63. The molecule has 0 atom stereocenters. The van der Waals surface area contributed by atoms with Crippen LogP contribution in [0.4, 0.5) is 0 Å². The minimum absolute atomic E-state index is 0.292. The molecule has 1 aromatic heterocycles. The fraction of sp³-hybridized carbons (Fsp3) is 0.462. The molecule has 0 aliphatic heterocycles. The second-order valence-electron chi connectivity index (χ2n) is 4.34. The van der Waals surface area contributed by atoms with Crippen LogP contribution < -0.4 is 10.5 Å². The minimum Gasteiger partial charge on any atom is -0.473 e. The van der Waals surface area contributed by atoms with Crippen LogP contribution in [0.25, 0.3) is 11.0 Å². The van der Waals surface area contributed by atoms with E-state index in [9.17, 15) is 0 Å². The van der Waals surface area contributed by atoms with Crippen LogP contribution in [0.15, 0.2) is 28.8 Å². The molecule has 0 aliphatic carbocycles. The highest BCUT2D eigenvalue weighted by atomic mass is 16.5. The predicted octanol–water partition coefficient (Wildman–Crippen LogP) is 2.72. The summed E-state index contributed by atoms with van der Waals surface area (Å²) in [5, 5.41) is 4.80. The molecular weight excluding hydrogens is 216 g/mol. The van der Waals surface area contributed by atoms with Crippen LogP contribution in [0.3, 0.4) is 0 Å². The van der Waals surface area contributed by atoms with Gasteiger partial charge >= 0.3 is 0 Å². The molecule has 0 unspecified atom stereocenters. The molecule has 4 heteroatoms. The Bertz CT molecular complexity index is 489. The van der Waals surface area contributed by atoms with Crippen molar-refractivity contribution >= 4 is 11.0 Å². The second kappa shape index (κ2) is 4.75. The SMILES string of the molecule is CCC(N)(CC)COc1noc2ccccc12. The second-order valence-corrected chi connectivity index (χ2v) is 4.34. The first-order valence-electron chi connectivity index (χ1n) is 5.94. The highest BCUT2D eigenvalue weighted by Crippen LogP contribution is 2.25. The van der Waals surface area contributed by atoms with E-state index in [0.29, 0.717) is 12.5 Å². The summed E-state index contributed by atoms with van der Waals surface area (Å²) in [5.74, 6) is 0.525. The summed E-state index contributed by atoms with van der Waals surface area (Å²) in [6, 6.07) is 7.63. The van der Waals surface area contributed by atoms with Crippen molar-refractivity contribution < 1.29 is 9.26 Å². The Balaban J connectivity index is 2.14. The normalized spacial score (nSPS) is 11.9. The smallest absolute Gasteiger partial charge is 0.262 e. The van der Waals surface area contributed by atoms with Crippen molar-refractivity contribution in [3.63, 3.8) is 0 Å². The summed E-state index contributed by atoms with van der Waals surface area (Å²) in [7, 11) is 0. The van der Waals surface area contributed by atoms with E-state index >= 15 is 0 Å². The number of hydrogen-bond donors (Lipinski definition) is 1. The lowest BCUT2D eigenvalue weighted by Crippen LogP contribution is -2.44. The van der Waals surface area contributed by atoms with E-state index < -0.39 is 0 Å². The molecule has 0 fully saturated rings. The van der Waals surface area contributed by atoms with Crippen LogP contribution in [0.5, 0.6) is 5.88 Å². The van der Waals surface area contributed by atoms with E-state index in [1.807, 2.05) is 24.3 Å². The summed E-state index contributed by atoms with van der Waals surface area (Å²) in [6.45, 7) is 4.58. The predicted molar refractivity (Wildman–Crippen MR) is 67.0 cm³/mol. The molecule has 0 amide bonds.